The molecule has 0 amide bonds. The van der Waals surface area contributed by atoms with E-state index in [9.17, 15) is 0 Å². The number of rotatable bonds is 5. The van der Waals surface area contributed by atoms with Crippen LogP contribution in [0, 0.1) is 0 Å². The van der Waals surface area contributed by atoms with Crippen molar-refractivity contribution in [3.8, 4) is 56.3 Å². The van der Waals surface area contributed by atoms with Crippen molar-refractivity contribution < 1.29 is 4.42 Å². The molecule has 0 saturated heterocycles. The van der Waals surface area contributed by atoms with E-state index in [1.807, 2.05) is 65.9 Å². The van der Waals surface area contributed by atoms with Crippen molar-refractivity contribution in [1.29, 1.82) is 0 Å². The van der Waals surface area contributed by atoms with Crippen molar-refractivity contribution in [1.82, 2.24) is 15.0 Å². The Morgan fingerprint density at radius 3 is 1.94 bits per heavy atom. The topological polar surface area (TPSA) is 51.8 Å². The predicted molar refractivity (Wildman–Crippen MR) is 225 cm³/mol. The molecule has 252 valence electrons. The minimum Gasteiger partial charge on any atom is -0.455 e. The third-order valence-corrected chi connectivity index (χ3v) is 11.5. The Morgan fingerprint density at radius 1 is 0.426 bits per heavy atom. The monoisotopic (exact) mass is 707 g/mol. The number of aromatic nitrogens is 3. The molecular formula is C49H29N3OS. The summed E-state index contributed by atoms with van der Waals surface area (Å²) in [5.74, 6) is 0.637. The number of hydrogen-bond acceptors (Lipinski definition) is 5. The number of furan rings is 1. The summed E-state index contributed by atoms with van der Waals surface area (Å²) >= 11 is 1.85. The summed E-state index contributed by atoms with van der Waals surface area (Å²) in [6.45, 7) is 0. The first-order valence-electron chi connectivity index (χ1n) is 18.0. The Hall–Kier alpha value is -6.95. The normalized spacial score (nSPS) is 11.7. The van der Waals surface area contributed by atoms with Crippen molar-refractivity contribution >= 4 is 64.4 Å². The number of fused-ring (bicyclic) bond motifs is 8. The molecule has 0 saturated carbocycles. The van der Waals surface area contributed by atoms with E-state index in [-0.39, 0.29) is 0 Å². The first-order chi connectivity index (χ1) is 26.7. The molecule has 0 N–H and O–H groups in total. The van der Waals surface area contributed by atoms with Crippen LogP contribution < -0.4 is 0 Å². The summed E-state index contributed by atoms with van der Waals surface area (Å²) < 4.78 is 9.14. The molecule has 0 unspecified atom stereocenters. The average Bonchev–Trinajstić information content (AvgIpc) is 3.83. The fourth-order valence-corrected chi connectivity index (χ4v) is 8.95. The van der Waals surface area contributed by atoms with Crippen LogP contribution in [0.4, 0.5) is 0 Å². The number of benzene rings is 7. The maximum atomic E-state index is 6.55. The molecule has 7 aromatic carbocycles. The van der Waals surface area contributed by atoms with Gasteiger partial charge in [-0.25, -0.2) is 15.0 Å². The fraction of sp³-hybridized carbons (Fsp3) is 0. The summed E-state index contributed by atoms with van der Waals surface area (Å²) in [4.78, 5) is 15.7. The van der Waals surface area contributed by atoms with E-state index in [1.54, 1.807) is 0 Å². The zero-order valence-electron chi connectivity index (χ0n) is 28.9. The van der Waals surface area contributed by atoms with Gasteiger partial charge in [-0.2, -0.15) is 0 Å². The van der Waals surface area contributed by atoms with Gasteiger partial charge < -0.3 is 4.42 Å². The highest BCUT2D eigenvalue weighted by molar-refractivity contribution is 7.26. The van der Waals surface area contributed by atoms with E-state index in [0.29, 0.717) is 5.82 Å². The summed E-state index contributed by atoms with van der Waals surface area (Å²) in [6.07, 6.45) is 0. The van der Waals surface area contributed by atoms with Gasteiger partial charge in [-0.1, -0.05) is 140 Å². The van der Waals surface area contributed by atoms with Gasteiger partial charge in [0, 0.05) is 53.2 Å². The zero-order chi connectivity index (χ0) is 35.6. The molecule has 0 spiro atoms. The molecule has 0 bridgehead atoms. The van der Waals surface area contributed by atoms with Crippen LogP contribution in [-0.4, -0.2) is 15.0 Å². The van der Waals surface area contributed by atoms with Crippen LogP contribution in [-0.2, 0) is 0 Å². The van der Waals surface area contributed by atoms with Crippen LogP contribution in [0.2, 0.25) is 0 Å². The number of thiophene rings is 1. The average molecular weight is 708 g/mol. The Morgan fingerprint density at radius 2 is 1.09 bits per heavy atom. The molecule has 4 heterocycles. The Balaban J connectivity index is 1.09. The van der Waals surface area contributed by atoms with Crippen molar-refractivity contribution in [2.75, 3.05) is 0 Å². The largest absolute Gasteiger partial charge is 0.455 e. The molecule has 0 atom stereocenters. The number of nitrogens with zero attached hydrogens (tertiary/aromatic N) is 3. The summed E-state index contributed by atoms with van der Waals surface area (Å²) in [5, 5.41) is 5.61. The first-order valence-corrected chi connectivity index (χ1v) is 18.8. The Labute approximate surface area is 314 Å². The molecule has 4 nitrogen and oxygen atoms in total. The van der Waals surface area contributed by atoms with Gasteiger partial charge >= 0.3 is 0 Å². The zero-order valence-corrected chi connectivity index (χ0v) is 29.7. The number of pyridine rings is 1. The highest BCUT2D eigenvalue weighted by Crippen LogP contribution is 2.42. The molecule has 0 aliphatic rings. The van der Waals surface area contributed by atoms with Crippen LogP contribution in [0.1, 0.15) is 0 Å². The third-order valence-electron chi connectivity index (χ3n) is 10.3. The van der Waals surface area contributed by atoms with Crippen LogP contribution in [0.25, 0.3) is 109 Å². The van der Waals surface area contributed by atoms with Gasteiger partial charge in [0.15, 0.2) is 5.82 Å². The fourth-order valence-electron chi connectivity index (χ4n) is 7.71. The highest BCUT2D eigenvalue weighted by atomic mass is 32.1. The van der Waals surface area contributed by atoms with Crippen molar-refractivity contribution in [3.05, 3.63) is 176 Å². The van der Waals surface area contributed by atoms with Gasteiger partial charge in [0.05, 0.1) is 28.0 Å². The molecule has 5 heteroatoms. The molecule has 0 radical (unpaired) electrons. The standard InChI is InChI=1S/C49H29N3OS/c1-3-13-30(14-4-1)40-29-41(33-18-11-17-32(27-33)35-21-12-22-37-36-19-8-10-24-44(36)54-48(35)37)52-49(51-40)34-25-26-38-42(28-34)50-46(31-15-5-2-6-16-31)45-39-20-7-9-23-43(39)53-47(38)45/h1-29H. The minimum absolute atomic E-state index is 0.637. The highest BCUT2D eigenvalue weighted by Gasteiger charge is 2.19. The van der Waals surface area contributed by atoms with E-state index < -0.39 is 0 Å². The van der Waals surface area contributed by atoms with Crippen LogP contribution in [0.5, 0.6) is 0 Å². The quantitative estimate of drug-likeness (QED) is 0.179. The second-order valence-corrected chi connectivity index (χ2v) is 14.6. The Bertz CT molecular complexity index is 3220. The maximum absolute atomic E-state index is 6.55. The third kappa shape index (κ3) is 5.01. The maximum Gasteiger partial charge on any atom is 0.160 e. The van der Waals surface area contributed by atoms with Crippen LogP contribution in [0.15, 0.2) is 180 Å². The molecule has 11 aromatic rings. The van der Waals surface area contributed by atoms with Crippen molar-refractivity contribution in [2.24, 2.45) is 0 Å². The number of para-hydroxylation sites is 1. The van der Waals surface area contributed by atoms with Crippen LogP contribution >= 0.6 is 11.3 Å². The lowest BCUT2D eigenvalue weighted by atomic mass is 9.99. The van der Waals surface area contributed by atoms with E-state index >= 15 is 0 Å². The van der Waals surface area contributed by atoms with Crippen molar-refractivity contribution in [3.63, 3.8) is 0 Å². The minimum atomic E-state index is 0.637. The predicted octanol–water partition coefficient (Wildman–Crippen LogP) is 13.6. The lowest BCUT2D eigenvalue weighted by Crippen LogP contribution is -1.97. The molecule has 0 fully saturated rings. The van der Waals surface area contributed by atoms with Gasteiger partial charge in [0.2, 0.25) is 0 Å². The van der Waals surface area contributed by atoms with E-state index in [2.05, 4.69) is 121 Å². The van der Waals surface area contributed by atoms with Gasteiger partial charge in [-0.15, -0.1) is 11.3 Å². The van der Waals surface area contributed by atoms with E-state index in [0.717, 1.165) is 77.7 Å². The summed E-state index contributed by atoms with van der Waals surface area (Å²) in [7, 11) is 0. The van der Waals surface area contributed by atoms with Gasteiger partial charge in [0.25, 0.3) is 0 Å². The molecule has 54 heavy (non-hydrogen) atoms. The lowest BCUT2D eigenvalue weighted by molar-refractivity contribution is 0.672. The Kier molecular flexibility index (Phi) is 7.00. The van der Waals surface area contributed by atoms with Gasteiger partial charge in [-0.05, 0) is 47.5 Å². The molecule has 4 aromatic heterocycles. The second-order valence-electron chi connectivity index (χ2n) is 13.6. The summed E-state index contributed by atoms with van der Waals surface area (Å²) in [5.41, 5.74) is 11.5. The van der Waals surface area contributed by atoms with Crippen molar-refractivity contribution in [2.45, 2.75) is 0 Å². The molecule has 11 rings (SSSR count). The molecule has 0 aliphatic heterocycles. The summed E-state index contributed by atoms with van der Waals surface area (Å²) in [6, 6.07) is 61.2. The van der Waals surface area contributed by atoms with Gasteiger partial charge in [0.1, 0.15) is 11.2 Å². The van der Waals surface area contributed by atoms with Gasteiger partial charge in [-0.3, -0.25) is 0 Å². The van der Waals surface area contributed by atoms with E-state index in [1.165, 1.54) is 25.7 Å². The van der Waals surface area contributed by atoms with E-state index in [4.69, 9.17) is 19.4 Å². The first kappa shape index (κ1) is 30.7. The molecule has 0 aliphatic carbocycles. The van der Waals surface area contributed by atoms with Crippen LogP contribution in [0.3, 0.4) is 0 Å². The lowest BCUT2D eigenvalue weighted by Gasteiger charge is -2.12. The second kappa shape index (κ2) is 12.3. The number of hydrogen-bond donors (Lipinski definition) is 0. The smallest absolute Gasteiger partial charge is 0.160 e. The SMILES string of the molecule is c1ccc(-c2cc(-c3cccc(-c4cccc5c4sc4ccccc45)c3)nc(-c3ccc4c(c3)nc(-c3ccccc3)c3c5ccccc5oc43)n2)cc1. The molecular weight excluding hydrogens is 679 g/mol.